The third-order valence-electron chi connectivity index (χ3n) is 4.14. The van der Waals surface area contributed by atoms with Crippen LogP contribution in [-0.4, -0.2) is 19.1 Å². The largest absolute Gasteiger partial charge is 0.493 e. The van der Waals surface area contributed by atoms with Gasteiger partial charge in [-0.25, -0.2) is 4.99 Å². The van der Waals surface area contributed by atoms with Gasteiger partial charge < -0.3 is 15.8 Å². The summed E-state index contributed by atoms with van der Waals surface area (Å²) < 4.78 is 5.87. The molecule has 1 fully saturated rings. The van der Waals surface area contributed by atoms with Crippen molar-refractivity contribution in [1.82, 2.24) is 5.32 Å². The number of para-hydroxylation sites is 1. The van der Waals surface area contributed by atoms with E-state index in [9.17, 15) is 0 Å². The second-order valence-corrected chi connectivity index (χ2v) is 6.52. The lowest BCUT2D eigenvalue weighted by Gasteiger charge is -2.25. The summed E-state index contributed by atoms with van der Waals surface area (Å²) in [6, 6.07) is 8.06. The van der Waals surface area contributed by atoms with Crippen molar-refractivity contribution in [3.63, 3.8) is 0 Å². The second kappa shape index (κ2) is 10.7. The van der Waals surface area contributed by atoms with Gasteiger partial charge in [-0.1, -0.05) is 38.5 Å². The number of nitrogens with zero attached hydrogens (tertiary/aromatic N) is 1. The van der Waals surface area contributed by atoms with Crippen LogP contribution in [0.2, 0.25) is 0 Å². The first kappa shape index (κ1) is 20.1. The monoisotopic (exact) mass is 431 g/mol. The molecule has 0 amide bonds. The van der Waals surface area contributed by atoms with Crippen LogP contribution < -0.4 is 15.8 Å². The first-order chi connectivity index (χ1) is 10.6. The molecule has 130 valence electrons. The molecule has 0 spiro atoms. The average molecular weight is 431 g/mol. The van der Waals surface area contributed by atoms with E-state index in [0.29, 0.717) is 18.4 Å². The van der Waals surface area contributed by atoms with Gasteiger partial charge in [-0.2, -0.15) is 0 Å². The van der Waals surface area contributed by atoms with Crippen LogP contribution in [0.15, 0.2) is 29.3 Å². The quantitative estimate of drug-likeness (QED) is 0.373. The number of nitrogens with two attached hydrogens (primary N) is 1. The van der Waals surface area contributed by atoms with Crippen LogP contribution in [-0.2, 0) is 6.54 Å². The Morgan fingerprint density at radius 2 is 2.09 bits per heavy atom. The molecule has 0 aromatic heterocycles. The third kappa shape index (κ3) is 7.42. The molecule has 1 saturated carbocycles. The highest BCUT2D eigenvalue weighted by Gasteiger charge is 2.16. The lowest BCUT2D eigenvalue weighted by molar-refractivity contribution is 0.287. The Hall–Kier alpha value is -0.980. The van der Waals surface area contributed by atoms with Crippen LogP contribution >= 0.6 is 24.0 Å². The van der Waals surface area contributed by atoms with Crippen LogP contribution in [0, 0.1) is 11.8 Å². The van der Waals surface area contributed by atoms with Crippen LogP contribution in [0.3, 0.4) is 0 Å². The van der Waals surface area contributed by atoms with Gasteiger partial charge in [-0.3, -0.25) is 0 Å². The van der Waals surface area contributed by atoms with Gasteiger partial charge in [0.1, 0.15) is 5.75 Å². The summed E-state index contributed by atoms with van der Waals surface area (Å²) in [5, 5.41) is 3.22. The fourth-order valence-corrected chi connectivity index (χ4v) is 2.35. The second-order valence-electron chi connectivity index (χ2n) is 6.52. The molecule has 0 heterocycles. The van der Waals surface area contributed by atoms with Crippen molar-refractivity contribution >= 4 is 29.9 Å². The Labute approximate surface area is 157 Å². The van der Waals surface area contributed by atoms with E-state index in [-0.39, 0.29) is 24.0 Å². The van der Waals surface area contributed by atoms with Gasteiger partial charge in [0.25, 0.3) is 0 Å². The molecule has 23 heavy (non-hydrogen) atoms. The van der Waals surface area contributed by atoms with Crippen molar-refractivity contribution in [3.05, 3.63) is 29.8 Å². The normalized spacial score (nSPS) is 15.0. The van der Waals surface area contributed by atoms with E-state index in [1.807, 2.05) is 24.3 Å². The minimum Gasteiger partial charge on any atom is -0.493 e. The number of guanidine groups is 1. The zero-order valence-corrected chi connectivity index (χ0v) is 16.6. The molecule has 1 aromatic carbocycles. The van der Waals surface area contributed by atoms with Crippen LogP contribution in [0.1, 0.15) is 45.1 Å². The van der Waals surface area contributed by atoms with Gasteiger partial charge in [0.2, 0.25) is 0 Å². The summed E-state index contributed by atoms with van der Waals surface area (Å²) in [4.78, 5) is 4.43. The van der Waals surface area contributed by atoms with Crippen LogP contribution in [0.5, 0.6) is 5.75 Å². The lowest BCUT2D eigenvalue weighted by Crippen LogP contribution is -2.37. The highest BCUT2D eigenvalue weighted by Crippen LogP contribution is 2.25. The topological polar surface area (TPSA) is 59.6 Å². The summed E-state index contributed by atoms with van der Waals surface area (Å²) in [5.41, 5.74) is 7.02. The Balaban J connectivity index is 0.00000264. The van der Waals surface area contributed by atoms with Crippen molar-refractivity contribution in [3.8, 4) is 5.75 Å². The predicted molar refractivity (Wildman–Crippen MR) is 107 cm³/mol. The Morgan fingerprint density at radius 1 is 1.35 bits per heavy atom. The van der Waals surface area contributed by atoms with Gasteiger partial charge in [-0.15, -0.1) is 24.0 Å². The van der Waals surface area contributed by atoms with Crippen LogP contribution in [0.25, 0.3) is 0 Å². The van der Waals surface area contributed by atoms with E-state index in [0.717, 1.165) is 36.8 Å². The van der Waals surface area contributed by atoms with Crippen molar-refractivity contribution in [2.45, 2.75) is 46.1 Å². The summed E-state index contributed by atoms with van der Waals surface area (Å²) in [6.07, 6.45) is 5.03. The molecule has 2 rings (SSSR count). The zero-order chi connectivity index (χ0) is 15.8. The summed E-state index contributed by atoms with van der Waals surface area (Å²) >= 11 is 0. The Kier molecular flexibility index (Phi) is 9.36. The SMILES string of the molecule is CC(C)CCOc1ccccc1CN=C(N)NCC1CCC1.I. The van der Waals surface area contributed by atoms with Gasteiger partial charge in [-0.05, 0) is 37.2 Å². The van der Waals surface area contributed by atoms with Gasteiger partial charge in [0.15, 0.2) is 5.96 Å². The standard InChI is InChI=1S/C18H29N3O.HI/c1-14(2)10-11-22-17-9-4-3-8-16(17)13-21-18(19)20-12-15-6-5-7-15;/h3-4,8-9,14-15H,5-7,10-13H2,1-2H3,(H3,19,20,21);1H. The van der Waals surface area contributed by atoms with E-state index in [2.05, 4.69) is 24.2 Å². The molecule has 0 saturated heterocycles. The smallest absolute Gasteiger partial charge is 0.188 e. The van der Waals surface area contributed by atoms with E-state index in [1.54, 1.807) is 0 Å². The number of benzene rings is 1. The summed E-state index contributed by atoms with van der Waals surface area (Å²) in [6.45, 7) is 6.65. The number of rotatable bonds is 8. The molecular weight excluding hydrogens is 401 g/mol. The molecule has 3 N–H and O–H groups in total. The minimum absolute atomic E-state index is 0. The highest BCUT2D eigenvalue weighted by molar-refractivity contribution is 14.0. The maximum absolute atomic E-state index is 5.94. The third-order valence-corrected chi connectivity index (χ3v) is 4.14. The van der Waals surface area contributed by atoms with Gasteiger partial charge in [0.05, 0.1) is 13.2 Å². The molecule has 5 heteroatoms. The molecule has 0 atom stereocenters. The number of halogens is 1. The number of aliphatic imine (C=N–C) groups is 1. The van der Waals surface area contributed by atoms with Crippen molar-refractivity contribution < 1.29 is 4.74 Å². The van der Waals surface area contributed by atoms with E-state index >= 15 is 0 Å². The minimum atomic E-state index is 0. The lowest BCUT2D eigenvalue weighted by atomic mass is 9.85. The van der Waals surface area contributed by atoms with Gasteiger partial charge in [0, 0.05) is 12.1 Å². The maximum Gasteiger partial charge on any atom is 0.188 e. The predicted octanol–water partition coefficient (Wildman–Crippen LogP) is 3.93. The first-order valence-corrected chi connectivity index (χ1v) is 8.39. The maximum atomic E-state index is 5.94. The number of nitrogens with one attached hydrogen (secondary N) is 1. The first-order valence-electron chi connectivity index (χ1n) is 8.39. The van der Waals surface area contributed by atoms with Crippen molar-refractivity contribution in [2.75, 3.05) is 13.2 Å². The number of hydrogen-bond acceptors (Lipinski definition) is 2. The van der Waals surface area contributed by atoms with E-state index in [4.69, 9.17) is 10.5 Å². The number of hydrogen-bond donors (Lipinski definition) is 2. The molecule has 0 bridgehead atoms. The summed E-state index contributed by atoms with van der Waals surface area (Å²) in [7, 11) is 0. The summed E-state index contributed by atoms with van der Waals surface area (Å²) in [5.74, 6) is 2.87. The number of ether oxygens (including phenoxy) is 1. The zero-order valence-electron chi connectivity index (χ0n) is 14.3. The molecule has 0 radical (unpaired) electrons. The molecule has 1 aromatic rings. The van der Waals surface area contributed by atoms with E-state index < -0.39 is 0 Å². The molecular formula is C18H30IN3O. The van der Waals surface area contributed by atoms with Crippen molar-refractivity contribution in [2.24, 2.45) is 22.6 Å². The molecule has 0 unspecified atom stereocenters. The molecule has 1 aliphatic rings. The Bertz CT molecular complexity index is 487. The van der Waals surface area contributed by atoms with Gasteiger partial charge >= 0.3 is 0 Å². The molecule has 0 aliphatic heterocycles. The average Bonchev–Trinajstić information content (AvgIpc) is 2.44. The molecule has 4 nitrogen and oxygen atoms in total. The fourth-order valence-electron chi connectivity index (χ4n) is 2.35. The Morgan fingerprint density at radius 3 is 2.74 bits per heavy atom. The highest BCUT2D eigenvalue weighted by atomic mass is 127. The van der Waals surface area contributed by atoms with Crippen molar-refractivity contribution in [1.29, 1.82) is 0 Å². The van der Waals surface area contributed by atoms with E-state index in [1.165, 1.54) is 19.3 Å². The fraction of sp³-hybridized carbons (Fsp3) is 0.611. The molecule has 1 aliphatic carbocycles. The van der Waals surface area contributed by atoms with Crippen LogP contribution in [0.4, 0.5) is 0 Å².